The number of amides is 1. The molecule has 7 nitrogen and oxygen atoms in total. The molecule has 0 bridgehead atoms. The zero-order valence-electron chi connectivity index (χ0n) is 16.2. The summed E-state index contributed by atoms with van der Waals surface area (Å²) in [5.41, 5.74) is 2.09. The Morgan fingerprint density at radius 3 is 2.56 bits per heavy atom. The molecule has 1 amide bonds. The summed E-state index contributed by atoms with van der Waals surface area (Å²) in [7, 11) is 3.21. The molecule has 27 heavy (non-hydrogen) atoms. The summed E-state index contributed by atoms with van der Waals surface area (Å²) in [6, 6.07) is 7.25. The fraction of sp³-hybridized carbons (Fsp3) is 0.350. The van der Waals surface area contributed by atoms with E-state index in [1.807, 2.05) is 43.7 Å². The Kier molecular flexibility index (Phi) is 5.30. The number of hydrogen-bond acceptors (Lipinski definition) is 5. The molecule has 7 heteroatoms. The van der Waals surface area contributed by atoms with Crippen molar-refractivity contribution in [2.75, 3.05) is 14.2 Å². The number of methoxy groups -OCH3 is 2. The van der Waals surface area contributed by atoms with Crippen LogP contribution in [0.15, 0.2) is 36.7 Å². The van der Waals surface area contributed by atoms with Crippen molar-refractivity contribution >= 4 is 16.9 Å². The third-order valence-corrected chi connectivity index (χ3v) is 4.44. The maximum Gasteiger partial charge on any atom is 0.253 e. The van der Waals surface area contributed by atoms with E-state index >= 15 is 0 Å². The smallest absolute Gasteiger partial charge is 0.253 e. The largest absolute Gasteiger partial charge is 0.497 e. The van der Waals surface area contributed by atoms with E-state index in [0.717, 1.165) is 16.6 Å². The quantitative estimate of drug-likeness (QED) is 0.720. The van der Waals surface area contributed by atoms with E-state index in [0.29, 0.717) is 17.1 Å². The zero-order chi connectivity index (χ0) is 19.6. The van der Waals surface area contributed by atoms with Crippen molar-refractivity contribution in [3.63, 3.8) is 0 Å². The van der Waals surface area contributed by atoms with E-state index in [4.69, 9.17) is 9.47 Å². The summed E-state index contributed by atoms with van der Waals surface area (Å²) >= 11 is 0. The molecule has 0 radical (unpaired) electrons. The van der Waals surface area contributed by atoms with E-state index < -0.39 is 0 Å². The molecule has 0 saturated carbocycles. The molecule has 1 unspecified atom stereocenters. The molecule has 1 atom stereocenters. The number of nitrogens with one attached hydrogen (secondary N) is 1. The van der Waals surface area contributed by atoms with Crippen LogP contribution < -0.4 is 14.8 Å². The van der Waals surface area contributed by atoms with E-state index in [2.05, 4.69) is 15.4 Å². The van der Waals surface area contributed by atoms with Crippen molar-refractivity contribution in [1.29, 1.82) is 0 Å². The van der Waals surface area contributed by atoms with Crippen LogP contribution in [0.2, 0.25) is 0 Å². The van der Waals surface area contributed by atoms with E-state index in [-0.39, 0.29) is 18.0 Å². The second-order valence-electron chi connectivity index (χ2n) is 6.62. The van der Waals surface area contributed by atoms with E-state index in [9.17, 15) is 4.79 Å². The molecule has 1 N–H and O–H groups in total. The van der Waals surface area contributed by atoms with Crippen molar-refractivity contribution in [3.8, 4) is 11.5 Å². The van der Waals surface area contributed by atoms with Gasteiger partial charge in [-0.05, 0) is 45.0 Å². The summed E-state index contributed by atoms with van der Waals surface area (Å²) in [6.07, 6.45) is 3.31. The lowest BCUT2D eigenvalue weighted by Gasteiger charge is -2.18. The lowest BCUT2D eigenvalue weighted by molar-refractivity contribution is 0.0939. The van der Waals surface area contributed by atoms with Crippen molar-refractivity contribution in [1.82, 2.24) is 20.1 Å². The first-order chi connectivity index (χ1) is 12.9. The molecule has 1 aromatic carbocycles. The standard InChI is InChI=1S/C20H24N4O3/c1-12(2)24-19-14(11-22-24)8-15(10-21-19)20(25)23-13(3)17-9-16(26-4)6-7-18(17)27-5/h6-13H,1-5H3,(H,23,25). The van der Waals surface area contributed by atoms with E-state index in [1.165, 1.54) is 0 Å². The minimum atomic E-state index is -0.267. The lowest BCUT2D eigenvalue weighted by atomic mass is 10.1. The van der Waals surface area contributed by atoms with Gasteiger partial charge in [-0.3, -0.25) is 4.79 Å². The molecular weight excluding hydrogens is 344 g/mol. The van der Waals surface area contributed by atoms with Gasteiger partial charge < -0.3 is 14.8 Å². The normalized spacial score (nSPS) is 12.2. The summed E-state index contributed by atoms with van der Waals surface area (Å²) in [5.74, 6) is 1.19. The Balaban J connectivity index is 1.84. The number of carbonyl (C=O) groups is 1. The molecule has 0 fully saturated rings. The van der Waals surface area contributed by atoms with Gasteiger partial charge in [0, 0.05) is 23.2 Å². The van der Waals surface area contributed by atoms with Gasteiger partial charge in [-0.25, -0.2) is 9.67 Å². The Labute approximate surface area is 158 Å². The van der Waals surface area contributed by atoms with Gasteiger partial charge in [-0.1, -0.05) is 0 Å². The minimum Gasteiger partial charge on any atom is -0.497 e. The molecule has 3 aromatic rings. The van der Waals surface area contributed by atoms with Gasteiger partial charge in [0.2, 0.25) is 0 Å². The van der Waals surface area contributed by atoms with Crippen LogP contribution in [0.1, 0.15) is 48.8 Å². The van der Waals surface area contributed by atoms with Gasteiger partial charge in [0.15, 0.2) is 5.65 Å². The van der Waals surface area contributed by atoms with Gasteiger partial charge in [0.1, 0.15) is 11.5 Å². The fourth-order valence-corrected chi connectivity index (χ4v) is 2.98. The number of benzene rings is 1. The van der Waals surface area contributed by atoms with Crippen molar-refractivity contribution < 1.29 is 14.3 Å². The average Bonchev–Trinajstić information content (AvgIpc) is 3.10. The highest BCUT2D eigenvalue weighted by molar-refractivity contribution is 5.97. The predicted molar refractivity (Wildman–Crippen MR) is 103 cm³/mol. The van der Waals surface area contributed by atoms with Crippen LogP contribution in [-0.4, -0.2) is 34.9 Å². The highest BCUT2D eigenvalue weighted by Gasteiger charge is 2.17. The monoisotopic (exact) mass is 368 g/mol. The van der Waals surface area contributed by atoms with Gasteiger partial charge >= 0.3 is 0 Å². The van der Waals surface area contributed by atoms with E-state index in [1.54, 1.807) is 32.7 Å². The summed E-state index contributed by atoms with van der Waals surface area (Å²) in [6.45, 7) is 5.98. The van der Waals surface area contributed by atoms with Crippen LogP contribution in [0.4, 0.5) is 0 Å². The number of aromatic nitrogens is 3. The molecule has 3 rings (SSSR count). The number of rotatable bonds is 6. The SMILES string of the molecule is COc1ccc(OC)c(C(C)NC(=O)c2cnc3c(cnn3C(C)C)c2)c1. The number of hydrogen-bond donors (Lipinski definition) is 1. The summed E-state index contributed by atoms with van der Waals surface area (Å²) in [4.78, 5) is 17.1. The molecule has 0 saturated heterocycles. The van der Waals surface area contributed by atoms with Crippen LogP contribution in [0.5, 0.6) is 11.5 Å². The number of ether oxygens (including phenoxy) is 2. The maximum absolute atomic E-state index is 12.7. The molecule has 2 heterocycles. The third-order valence-electron chi connectivity index (χ3n) is 4.44. The van der Waals surface area contributed by atoms with Crippen molar-refractivity contribution in [2.24, 2.45) is 0 Å². The summed E-state index contributed by atoms with van der Waals surface area (Å²) < 4.78 is 12.5. The molecule has 2 aromatic heterocycles. The second kappa shape index (κ2) is 7.65. The van der Waals surface area contributed by atoms with Crippen molar-refractivity contribution in [2.45, 2.75) is 32.9 Å². The number of carbonyl (C=O) groups excluding carboxylic acids is 1. The van der Waals surface area contributed by atoms with Crippen molar-refractivity contribution in [3.05, 3.63) is 47.8 Å². The lowest BCUT2D eigenvalue weighted by Crippen LogP contribution is -2.27. The summed E-state index contributed by atoms with van der Waals surface area (Å²) in [5, 5.41) is 8.16. The first-order valence-electron chi connectivity index (χ1n) is 8.80. The average molecular weight is 368 g/mol. The molecule has 0 aliphatic rings. The first-order valence-corrected chi connectivity index (χ1v) is 8.80. The Bertz CT molecular complexity index is 965. The molecule has 0 aliphatic carbocycles. The van der Waals surface area contributed by atoms with Gasteiger partial charge in [0.25, 0.3) is 5.91 Å². The van der Waals surface area contributed by atoms with Crippen LogP contribution in [-0.2, 0) is 0 Å². The van der Waals surface area contributed by atoms with Crippen LogP contribution in [0.3, 0.4) is 0 Å². The van der Waals surface area contributed by atoms with Gasteiger partial charge in [-0.15, -0.1) is 0 Å². The second-order valence-corrected chi connectivity index (χ2v) is 6.62. The molecule has 0 spiro atoms. The Morgan fingerprint density at radius 2 is 1.89 bits per heavy atom. The first kappa shape index (κ1) is 18.7. The maximum atomic E-state index is 12.7. The minimum absolute atomic E-state index is 0.204. The Morgan fingerprint density at radius 1 is 1.11 bits per heavy atom. The Hall–Kier alpha value is -3.09. The highest BCUT2D eigenvalue weighted by atomic mass is 16.5. The molecule has 142 valence electrons. The number of nitrogens with zero attached hydrogens (tertiary/aromatic N) is 3. The topological polar surface area (TPSA) is 78.3 Å². The highest BCUT2D eigenvalue weighted by Crippen LogP contribution is 2.29. The van der Waals surface area contributed by atoms with Gasteiger partial charge in [-0.2, -0.15) is 5.10 Å². The predicted octanol–water partition coefficient (Wildman–Crippen LogP) is 3.52. The van der Waals surface area contributed by atoms with Crippen LogP contribution >= 0.6 is 0 Å². The van der Waals surface area contributed by atoms with Crippen LogP contribution in [0, 0.1) is 0 Å². The van der Waals surface area contributed by atoms with Crippen LogP contribution in [0.25, 0.3) is 11.0 Å². The van der Waals surface area contributed by atoms with Gasteiger partial charge in [0.05, 0.1) is 32.0 Å². The fourth-order valence-electron chi connectivity index (χ4n) is 2.98. The third kappa shape index (κ3) is 3.72. The molecule has 0 aliphatic heterocycles. The molecular formula is C20H24N4O3. The number of pyridine rings is 1. The number of fused-ring (bicyclic) bond motifs is 1. The zero-order valence-corrected chi connectivity index (χ0v) is 16.2.